The molecule has 2 atom stereocenters. The van der Waals surface area contributed by atoms with Gasteiger partial charge in [-0.3, -0.25) is 9.36 Å². The minimum atomic E-state index is -4.44. The number of fused-ring (bicyclic) bond motifs is 4. The molecular formula is C15H18F3N5. The molecular weight excluding hydrogens is 307 g/mol. The van der Waals surface area contributed by atoms with Gasteiger partial charge in [0.25, 0.3) is 0 Å². The van der Waals surface area contributed by atoms with Crippen LogP contribution in [0.25, 0.3) is 11.4 Å². The number of aryl methyl sites for hydroxylation is 2. The molecule has 0 aromatic carbocycles. The third-order valence-corrected chi connectivity index (χ3v) is 4.85. The van der Waals surface area contributed by atoms with Gasteiger partial charge in [0.15, 0.2) is 5.69 Å². The molecule has 0 unspecified atom stereocenters. The number of piperidine rings is 1. The Morgan fingerprint density at radius 3 is 2.65 bits per heavy atom. The molecule has 2 bridgehead atoms. The van der Waals surface area contributed by atoms with E-state index in [0.29, 0.717) is 11.7 Å². The molecule has 8 heteroatoms. The molecule has 2 aromatic rings. The lowest BCUT2D eigenvalue weighted by molar-refractivity contribution is -0.141. The summed E-state index contributed by atoms with van der Waals surface area (Å²) in [5.74, 6) is 0. The van der Waals surface area contributed by atoms with E-state index >= 15 is 0 Å². The molecule has 5 nitrogen and oxygen atoms in total. The van der Waals surface area contributed by atoms with Crippen molar-refractivity contribution in [3.8, 4) is 11.4 Å². The fourth-order valence-electron chi connectivity index (χ4n) is 3.86. The van der Waals surface area contributed by atoms with Crippen molar-refractivity contribution in [3.63, 3.8) is 0 Å². The lowest BCUT2D eigenvalue weighted by Crippen LogP contribution is -2.42. The molecule has 2 aliphatic rings. The zero-order valence-corrected chi connectivity index (χ0v) is 13.0. The van der Waals surface area contributed by atoms with Gasteiger partial charge in [0.2, 0.25) is 0 Å². The maximum Gasteiger partial charge on any atom is 0.435 e. The van der Waals surface area contributed by atoms with Crippen LogP contribution < -0.4 is 5.32 Å². The lowest BCUT2D eigenvalue weighted by Gasteiger charge is -2.35. The first kappa shape index (κ1) is 14.7. The van der Waals surface area contributed by atoms with Crippen LogP contribution >= 0.6 is 0 Å². The van der Waals surface area contributed by atoms with Crippen LogP contribution in [0, 0.1) is 0 Å². The van der Waals surface area contributed by atoms with Gasteiger partial charge in [-0.2, -0.15) is 23.4 Å². The topological polar surface area (TPSA) is 47.7 Å². The van der Waals surface area contributed by atoms with E-state index in [1.54, 1.807) is 18.8 Å². The number of nitrogens with zero attached hydrogens (tertiary/aromatic N) is 4. The van der Waals surface area contributed by atoms with Crippen molar-refractivity contribution < 1.29 is 13.2 Å². The molecule has 1 fully saturated rings. The fraction of sp³-hybridized carbons (Fsp3) is 0.600. The Balaban J connectivity index is 1.85. The van der Waals surface area contributed by atoms with Gasteiger partial charge in [-0.05, 0) is 31.7 Å². The van der Waals surface area contributed by atoms with Gasteiger partial charge in [-0.1, -0.05) is 0 Å². The second-order valence-corrected chi connectivity index (χ2v) is 6.42. The lowest BCUT2D eigenvalue weighted by atomic mass is 9.84. The second-order valence-electron chi connectivity index (χ2n) is 6.42. The third-order valence-electron chi connectivity index (χ3n) is 4.85. The first-order chi connectivity index (χ1) is 10.8. The summed E-state index contributed by atoms with van der Waals surface area (Å²) >= 11 is 0. The minimum Gasteiger partial charge on any atom is -0.305 e. The summed E-state index contributed by atoms with van der Waals surface area (Å²) in [5, 5.41) is 11.8. The standard InChI is InChI=1S/C15H18F3N5/c1-22-11(7-12(20-22)15(16,17)18)14-9-6-8-4-3-5-10(19-8)13(9)21-23(14)2/h7-8,10,19H,3-6H2,1-2H3/t8-,10-/m1/s1. The molecule has 4 rings (SSSR count). The number of halogens is 3. The number of hydrogen-bond donors (Lipinski definition) is 1. The van der Waals surface area contributed by atoms with Crippen LogP contribution in [0.2, 0.25) is 0 Å². The van der Waals surface area contributed by atoms with Gasteiger partial charge in [0, 0.05) is 25.7 Å². The zero-order chi connectivity index (χ0) is 16.4. The predicted octanol–water partition coefficient (Wildman–Crippen LogP) is 2.58. The van der Waals surface area contributed by atoms with Gasteiger partial charge in [0.05, 0.1) is 23.1 Å². The smallest absolute Gasteiger partial charge is 0.305 e. The van der Waals surface area contributed by atoms with Crippen molar-refractivity contribution >= 4 is 0 Å². The summed E-state index contributed by atoms with van der Waals surface area (Å²) in [6, 6.07) is 1.72. The molecule has 0 spiro atoms. The fourth-order valence-corrected chi connectivity index (χ4v) is 3.86. The molecule has 124 valence electrons. The van der Waals surface area contributed by atoms with E-state index in [9.17, 15) is 13.2 Å². The molecule has 2 aliphatic heterocycles. The Morgan fingerprint density at radius 1 is 1.17 bits per heavy atom. The van der Waals surface area contributed by atoms with Crippen molar-refractivity contribution in [2.45, 2.75) is 43.9 Å². The van der Waals surface area contributed by atoms with Crippen molar-refractivity contribution in [1.29, 1.82) is 0 Å². The Kier molecular flexibility index (Phi) is 3.10. The quantitative estimate of drug-likeness (QED) is 0.877. The van der Waals surface area contributed by atoms with Gasteiger partial charge in [-0.15, -0.1) is 0 Å². The van der Waals surface area contributed by atoms with Crippen molar-refractivity contribution in [1.82, 2.24) is 24.9 Å². The number of rotatable bonds is 1. The summed E-state index contributed by atoms with van der Waals surface area (Å²) in [5.41, 5.74) is 2.41. The molecule has 0 saturated carbocycles. The maximum absolute atomic E-state index is 12.9. The molecule has 0 amide bonds. The summed E-state index contributed by atoms with van der Waals surface area (Å²) < 4.78 is 41.8. The van der Waals surface area contributed by atoms with Gasteiger partial charge >= 0.3 is 6.18 Å². The highest BCUT2D eigenvalue weighted by Gasteiger charge is 2.38. The van der Waals surface area contributed by atoms with Crippen LogP contribution in [-0.2, 0) is 26.7 Å². The van der Waals surface area contributed by atoms with Crippen molar-refractivity contribution in [2.24, 2.45) is 14.1 Å². The van der Waals surface area contributed by atoms with E-state index in [2.05, 4.69) is 15.5 Å². The Bertz CT molecular complexity index is 758. The first-order valence-corrected chi connectivity index (χ1v) is 7.78. The van der Waals surface area contributed by atoms with E-state index in [4.69, 9.17) is 0 Å². The van der Waals surface area contributed by atoms with E-state index < -0.39 is 11.9 Å². The Morgan fingerprint density at radius 2 is 1.96 bits per heavy atom. The first-order valence-electron chi connectivity index (χ1n) is 7.78. The third kappa shape index (κ3) is 2.27. The Hall–Kier alpha value is -1.83. The van der Waals surface area contributed by atoms with Crippen LogP contribution in [-0.4, -0.2) is 25.6 Å². The summed E-state index contributed by atoms with van der Waals surface area (Å²) in [6.07, 6.45) is -0.339. The van der Waals surface area contributed by atoms with Crippen LogP contribution in [0.3, 0.4) is 0 Å². The van der Waals surface area contributed by atoms with Gasteiger partial charge in [0.1, 0.15) is 0 Å². The monoisotopic (exact) mass is 325 g/mol. The summed E-state index contributed by atoms with van der Waals surface area (Å²) in [6.45, 7) is 0. The number of hydrogen-bond acceptors (Lipinski definition) is 3. The highest BCUT2D eigenvalue weighted by atomic mass is 19.4. The molecule has 2 aromatic heterocycles. The van der Waals surface area contributed by atoms with Crippen LogP contribution in [0.5, 0.6) is 0 Å². The Labute approximate surface area is 131 Å². The maximum atomic E-state index is 12.9. The molecule has 0 aliphatic carbocycles. The summed E-state index contributed by atoms with van der Waals surface area (Å²) in [7, 11) is 3.34. The molecule has 23 heavy (non-hydrogen) atoms. The molecule has 1 saturated heterocycles. The van der Waals surface area contributed by atoms with Crippen LogP contribution in [0.4, 0.5) is 13.2 Å². The number of aromatic nitrogens is 4. The van der Waals surface area contributed by atoms with E-state index in [1.807, 2.05) is 0 Å². The van der Waals surface area contributed by atoms with Crippen LogP contribution in [0.15, 0.2) is 6.07 Å². The highest BCUT2D eigenvalue weighted by molar-refractivity contribution is 5.63. The average Bonchev–Trinajstić information content (AvgIpc) is 2.99. The number of alkyl halides is 3. The second kappa shape index (κ2) is 4.83. The van der Waals surface area contributed by atoms with E-state index in [1.165, 1.54) is 4.68 Å². The molecule has 1 N–H and O–H groups in total. The van der Waals surface area contributed by atoms with E-state index in [0.717, 1.165) is 48.7 Å². The molecule has 4 heterocycles. The van der Waals surface area contributed by atoms with Crippen molar-refractivity contribution in [3.05, 3.63) is 23.0 Å². The van der Waals surface area contributed by atoms with Crippen LogP contribution in [0.1, 0.15) is 42.3 Å². The normalized spacial score (nSPS) is 23.9. The minimum absolute atomic E-state index is 0.216. The highest BCUT2D eigenvalue weighted by Crippen LogP contribution is 2.39. The number of nitrogens with one attached hydrogen (secondary N) is 1. The van der Waals surface area contributed by atoms with Gasteiger partial charge in [-0.25, -0.2) is 0 Å². The average molecular weight is 325 g/mol. The van der Waals surface area contributed by atoms with Crippen molar-refractivity contribution in [2.75, 3.05) is 0 Å². The van der Waals surface area contributed by atoms with Gasteiger partial charge < -0.3 is 5.32 Å². The summed E-state index contributed by atoms with van der Waals surface area (Å²) in [4.78, 5) is 0. The zero-order valence-electron chi connectivity index (χ0n) is 13.0. The predicted molar refractivity (Wildman–Crippen MR) is 77.6 cm³/mol. The SMILES string of the molecule is Cn1nc(C(F)(F)F)cc1-c1c2c(nn1C)[C@H]1CCC[C@H](C2)N1. The molecule has 0 radical (unpaired) electrons. The largest absolute Gasteiger partial charge is 0.435 e. The van der Waals surface area contributed by atoms with E-state index in [-0.39, 0.29) is 6.04 Å².